The van der Waals surface area contributed by atoms with Crippen LogP contribution < -0.4 is 5.32 Å². The minimum Gasteiger partial charge on any atom is -0.336 e. The van der Waals surface area contributed by atoms with E-state index in [1.165, 1.54) is 0 Å². The summed E-state index contributed by atoms with van der Waals surface area (Å²) in [4.78, 5) is 3.96. The van der Waals surface area contributed by atoms with E-state index in [0.717, 1.165) is 14.6 Å². The van der Waals surface area contributed by atoms with Gasteiger partial charge in [0.2, 0.25) is 5.28 Å². The lowest BCUT2D eigenvalue weighted by molar-refractivity contribution is 0.974. The van der Waals surface area contributed by atoms with E-state index in [-0.39, 0.29) is 10.4 Å². The molecule has 0 aliphatic heterocycles. The summed E-state index contributed by atoms with van der Waals surface area (Å²) in [5.41, 5.74) is 0.783. The van der Waals surface area contributed by atoms with Crippen molar-refractivity contribution in [2.24, 2.45) is 0 Å². The maximum Gasteiger partial charge on any atom is 0.245 e. The van der Waals surface area contributed by atoms with Crippen LogP contribution in [-0.2, 0) is 0 Å². The smallest absolute Gasteiger partial charge is 0.245 e. The molecule has 2 aromatic rings. The highest BCUT2D eigenvalue weighted by Gasteiger charge is 2.10. The number of aromatic nitrogens is 3. The lowest BCUT2D eigenvalue weighted by atomic mass is 10.3. The monoisotopic (exact) mass is 396 g/mol. The molecule has 1 heterocycles. The molecule has 0 saturated carbocycles. The third-order valence-electron chi connectivity index (χ3n) is 1.83. The topological polar surface area (TPSA) is 50.7 Å². The number of hydrogen-bond donors (Lipinski definition) is 1. The van der Waals surface area contributed by atoms with Gasteiger partial charge in [0, 0.05) is 8.95 Å². The number of halogens is 4. The van der Waals surface area contributed by atoms with E-state index in [4.69, 9.17) is 23.2 Å². The van der Waals surface area contributed by atoms with Gasteiger partial charge in [-0.15, -0.1) is 10.2 Å². The molecule has 0 aliphatic carbocycles. The van der Waals surface area contributed by atoms with Crippen molar-refractivity contribution in [1.82, 2.24) is 15.2 Å². The second-order valence-electron chi connectivity index (χ2n) is 2.94. The van der Waals surface area contributed by atoms with Crippen molar-refractivity contribution in [3.63, 3.8) is 0 Å². The Bertz CT molecular complexity index is 544. The molecule has 1 aromatic carbocycles. The maximum atomic E-state index is 5.86. The summed E-state index contributed by atoms with van der Waals surface area (Å²) in [6.07, 6.45) is 0. The number of benzene rings is 1. The van der Waals surface area contributed by atoms with Crippen LogP contribution in [-0.4, -0.2) is 15.2 Å². The van der Waals surface area contributed by atoms with Crippen LogP contribution in [0.4, 0.5) is 11.5 Å². The summed E-state index contributed by atoms with van der Waals surface area (Å²) >= 11 is 18.3. The lowest BCUT2D eigenvalue weighted by Crippen LogP contribution is -2.00. The van der Waals surface area contributed by atoms with Crippen LogP contribution in [0.25, 0.3) is 0 Å². The fourth-order valence-corrected chi connectivity index (χ4v) is 2.55. The molecule has 0 spiro atoms. The van der Waals surface area contributed by atoms with Crippen molar-refractivity contribution in [3.8, 4) is 0 Å². The van der Waals surface area contributed by atoms with E-state index in [1.807, 2.05) is 18.2 Å². The molecule has 0 unspecified atom stereocenters. The van der Waals surface area contributed by atoms with Gasteiger partial charge >= 0.3 is 0 Å². The molecule has 4 nitrogen and oxygen atoms in total. The van der Waals surface area contributed by atoms with Gasteiger partial charge in [0.1, 0.15) is 0 Å². The van der Waals surface area contributed by atoms with E-state index in [9.17, 15) is 0 Å². The van der Waals surface area contributed by atoms with Crippen LogP contribution in [0.5, 0.6) is 0 Å². The predicted octanol–water partition coefficient (Wildman–Crippen LogP) is 4.45. The zero-order valence-electron chi connectivity index (χ0n) is 8.09. The molecule has 0 amide bonds. The Labute approximate surface area is 124 Å². The highest BCUT2D eigenvalue weighted by Crippen LogP contribution is 2.33. The van der Waals surface area contributed by atoms with Gasteiger partial charge in [-0.3, -0.25) is 0 Å². The quantitative estimate of drug-likeness (QED) is 0.812. The zero-order chi connectivity index (χ0) is 12.4. The SMILES string of the molecule is Clc1nnc(Cl)c(Nc2c(Br)cccc2Br)n1. The van der Waals surface area contributed by atoms with E-state index < -0.39 is 0 Å². The van der Waals surface area contributed by atoms with Gasteiger partial charge in [-0.2, -0.15) is 4.98 Å². The Hall–Kier alpha value is -0.430. The number of rotatable bonds is 2. The molecule has 0 radical (unpaired) electrons. The molecule has 0 saturated heterocycles. The summed E-state index contributed by atoms with van der Waals surface area (Å²) in [5.74, 6) is 0.347. The Balaban J connectivity index is 2.41. The Morgan fingerprint density at radius 3 is 2.35 bits per heavy atom. The van der Waals surface area contributed by atoms with Gasteiger partial charge in [0.25, 0.3) is 0 Å². The summed E-state index contributed by atoms with van der Waals surface area (Å²) in [5, 5.41) is 10.4. The normalized spacial score (nSPS) is 10.4. The predicted molar refractivity (Wildman–Crippen MR) is 75.0 cm³/mol. The van der Waals surface area contributed by atoms with Crippen molar-refractivity contribution < 1.29 is 0 Å². The average molecular weight is 399 g/mol. The Kier molecular flexibility index (Phi) is 4.19. The first-order chi connectivity index (χ1) is 8.08. The van der Waals surface area contributed by atoms with Crippen molar-refractivity contribution >= 4 is 66.6 Å². The third-order valence-corrected chi connectivity index (χ3v) is 3.56. The molecule has 1 aromatic heterocycles. The van der Waals surface area contributed by atoms with Gasteiger partial charge in [-0.1, -0.05) is 17.7 Å². The molecule has 17 heavy (non-hydrogen) atoms. The molecule has 0 bridgehead atoms. The number of anilines is 2. The number of nitrogens with one attached hydrogen (secondary N) is 1. The third kappa shape index (κ3) is 3.07. The standard InChI is InChI=1S/C9H4Br2Cl2N4/c10-4-2-1-3-5(11)6(4)14-8-7(12)16-17-9(13)15-8/h1-3H,(H,14,15,17). The summed E-state index contributed by atoms with van der Waals surface area (Å²) in [6, 6.07) is 5.67. The van der Waals surface area contributed by atoms with E-state index >= 15 is 0 Å². The highest BCUT2D eigenvalue weighted by molar-refractivity contribution is 9.11. The molecule has 8 heteroatoms. The van der Waals surface area contributed by atoms with Crippen LogP contribution in [0, 0.1) is 0 Å². The molecule has 2 rings (SSSR count). The van der Waals surface area contributed by atoms with Gasteiger partial charge in [0.05, 0.1) is 5.69 Å². The molecule has 88 valence electrons. The van der Waals surface area contributed by atoms with Crippen LogP contribution in [0.1, 0.15) is 0 Å². The van der Waals surface area contributed by atoms with Crippen LogP contribution >= 0.6 is 55.1 Å². The molecular weight excluding hydrogens is 395 g/mol. The first-order valence-electron chi connectivity index (χ1n) is 4.34. The first kappa shape index (κ1) is 13.0. The summed E-state index contributed by atoms with van der Waals surface area (Å²) in [6.45, 7) is 0. The first-order valence-corrected chi connectivity index (χ1v) is 6.69. The van der Waals surface area contributed by atoms with Crippen molar-refractivity contribution in [1.29, 1.82) is 0 Å². The Morgan fingerprint density at radius 1 is 1.06 bits per heavy atom. The minimum atomic E-state index is 0.0278. The second-order valence-corrected chi connectivity index (χ2v) is 5.35. The molecule has 0 atom stereocenters. The minimum absolute atomic E-state index is 0.0278. The Morgan fingerprint density at radius 2 is 1.71 bits per heavy atom. The van der Waals surface area contributed by atoms with Crippen molar-refractivity contribution in [3.05, 3.63) is 37.6 Å². The zero-order valence-corrected chi connectivity index (χ0v) is 12.8. The maximum absolute atomic E-state index is 5.86. The molecule has 0 aliphatic rings. The molecule has 1 N–H and O–H groups in total. The van der Waals surface area contributed by atoms with Gasteiger partial charge in [0.15, 0.2) is 11.0 Å². The fraction of sp³-hybridized carbons (Fsp3) is 0. The van der Waals surface area contributed by atoms with Gasteiger partial charge in [-0.25, -0.2) is 0 Å². The number of hydrogen-bond acceptors (Lipinski definition) is 4. The fourth-order valence-electron chi connectivity index (χ4n) is 1.11. The van der Waals surface area contributed by atoms with Crippen LogP contribution in [0.2, 0.25) is 10.4 Å². The van der Waals surface area contributed by atoms with E-state index in [1.54, 1.807) is 0 Å². The van der Waals surface area contributed by atoms with E-state index in [0.29, 0.717) is 5.82 Å². The second kappa shape index (κ2) is 5.48. The van der Waals surface area contributed by atoms with Crippen LogP contribution in [0.15, 0.2) is 27.1 Å². The highest BCUT2D eigenvalue weighted by atomic mass is 79.9. The summed E-state index contributed by atoms with van der Waals surface area (Å²) < 4.78 is 1.72. The average Bonchev–Trinajstić information content (AvgIpc) is 2.28. The van der Waals surface area contributed by atoms with Gasteiger partial charge < -0.3 is 5.32 Å². The molecular formula is C9H4Br2Cl2N4. The number of para-hydroxylation sites is 1. The van der Waals surface area contributed by atoms with Gasteiger partial charge in [-0.05, 0) is 55.6 Å². The lowest BCUT2D eigenvalue weighted by Gasteiger charge is -2.10. The van der Waals surface area contributed by atoms with Crippen molar-refractivity contribution in [2.75, 3.05) is 5.32 Å². The van der Waals surface area contributed by atoms with E-state index in [2.05, 4.69) is 52.4 Å². The van der Waals surface area contributed by atoms with Crippen LogP contribution in [0.3, 0.4) is 0 Å². The van der Waals surface area contributed by atoms with Crippen molar-refractivity contribution in [2.45, 2.75) is 0 Å². The number of nitrogens with zero attached hydrogens (tertiary/aromatic N) is 3. The largest absolute Gasteiger partial charge is 0.336 e. The summed E-state index contributed by atoms with van der Waals surface area (Å²) in [7, 11) is 0. The molecule has 0 fully saturated rings.